The molecule has 0 amide bonds. The minimum atomic E-state index is -0.483. The first-order valence-corrected chi connectivity index (χ1v) is 8.14. The van der Waals surface area contributed by atoms with Crippen LogP contribution in [-0.4, -0.2) is 21.4 Å². The molecule has 0 spiro atoms. The van der Waals surface area contributed by atoms with Crippen LogP contribution in [0.5, 0.6) is 5.75 Å². The van der Waals surface area contributed by atoms with Crippen molar-refractivity contribution >= 4 is 39.1 Å². The van der Waals surface area contributed by atoms with Crippen molar-refractivity contribution in [2.75, 3.05) is 7.11 Å². The molecule has 0 atom stereocenters. The molecule has 0 fully saturated rings. The van der Waals surface area contributed by atoms with E-state index in [2.05, 4.69) is 4.98 Å². The van der Waals surface area contributed by atoms with Crippen molar-refractivity contribution in [2.45, 2.75) is 0 Å². The van der Waals surface area contributed by atoms with Crippen LogP contribution >= 0.6 is 11.3 Å². The van der Waals surface area contributed by atoms with Gasteiger partial charge in [-0.25, -0.2) is 9.38 Å². The van der Waals surface area contributed by atoms with Crippen molar-refractivity contribution in [3.63, 3.8) is 0 Å². The number of ether oxygens (including phenoxy) is 1. The SMILES string of the molecule is COc1ccc([N+](=O)[O-])cc1C=c1sc2nc3ccccc3n2c1=O. The van der Waals surface area contributed by atoms with E-state index in [1.165, 1.54) is 36.6 Å². The number of methoxy groups -OCH3 is 1. The van der Waals surface area contributed by atoms with Crippen molar-refractivity contribution in [3.8, 4) is 5.75 Å². The summed E-state index contributed by atoms with van der Waals surface area (Å²) in [4.78, 5) is 28.3. The Morgan fingerprint density at radius 2 is 2.08 bits per heavy atom. The molecule has 0 aliphatic carbocycles. The molecule has 0 N–H and O–H groups in total. The van der Waals surface area contributed by atoms with Gasteiger partial charge in [0.05, 0.1) is 27.6 Å². The van der Waals surface area contributed by atoms with Gasteiger partial charge in [0.2, 0.25) is 0 Å². The molecule has 8 heteroatoms. The molecule has 2 heterocycles. The van der Waals surface area contributed by atoms with Crippen molar-refractivity contribution in [2.24, 2.45) is 0 Å². The maximum atomic E-state index is 12.8. The van der Waals surface area contributed by atoms with E-state index in [9.17, 15) is 14.9 Å². The van der Waals surface area contributed by atoms with Crippen LogP contribution in [0.15, 0.2) is 47.3 Å². The highest BCUT2D eigenvalue weighted by molar-refractivity contribution is 7.15. The van der Waals surface area contributed by atoms with Gasteiger partial charge < -0.3 is 4.74 Å². The summed E-state index contributed by atoms with van der Waals surface area (Å²) >= 11 is 1.24. The summed E-state index contributed by atoms with van der Waals surface area (Å²) in [5.41, 5.74) is 1.70. The van der Waals surface area contributed by atoms with Gasteiger partial charge in [0.15, 0.2) is 4.96 Å². The van der Waals surface area contributed by atoms with Crippen LogP contribution in [-0.2, 0) is 0 Å². The second kappa shape index (κ2) is 5.67. The van der Waals surface area contributed by atoms with E-state index in [0.29, 0.717) is 20.8 Å². The molecule has 0 unspecified atom stereocenters. The maximum absolute atomic E-state index is 12.8. The zero-order valence-corrected chi connectivity index (χ0v) is 13.8. The Hall–Kier alpha value is -3.26. The third-order valence-electron chi connectivity index (χ3n) is 3.86. The lowest BCUT2D eigenvalue weighted by Crippen LogP contribution is -2.22. The van der Waals surface area contributed by atoms with Crippen LogP contribution in [0, 0.1) is 10.1 Å². The summed E-state index contributed by atoms with van der Waals surface area (Å²) in [7, 11) is 1.48. The summed E-state index contributed by atoms with van der Waals surface area (Å²) in [5, 5.41) is 11.0. The van der Waals surface area contributed by atoms with Crippen molar-refractivity contribution < 1.29 is 9.66 Å². The number of fused-ring (bicyclic) bond motifs is 3. The summed E-state index contributed by atoms with van der Waals surface area (Å²) in [6.45, 7) is 0. The smallest absolute Gasteiger partial charge is 0.274 e. The van der Waals surface area contributed by atoms with Gasteiger partial charge in [-0.2, -0.15) is 0 Å². The van der Waals surface area contributed by atoms with E-state index in [0.717, 1.165) is 11.0 Å². The van der Waals surface area contributed by atoms with Gasteiger partial charge in [-0.15, -0.1) is 0 Å². The first-order valence-electron chi connectivity index (χ1n) is 7.32. The summed E-state index contributed by atoms with van der Waals surface area (Å²) in [5.74, 6) is 0.459. The molecule has 0 radical (unpaired) electrons. The van der Waals surface area contributed by atoms with Crippen molar-refractivity contribution in [3.05, 3.63) is 73.0 Å². The molecule has 2 aromatic carbocycles. The molecule has 7 nitrogen and oxygen atoms in total. The molecular formula is C17H11N3O4S. The van der Waals surface area contributed by atoms with E-state index in [1.807, 2.05) is 24.3 Å². The number of non-ortho nitro benzene ring substituents is 1. The van der Waals surface area contributed by atoms with Gasteiger partial charge in [-0.05, 0) is 24.3 Å². The lowest BCUT2D eigenvalue weighted by molar-refractivity contribution is -0.384. The van der Waals surface area contributed by atoms with Crippen molar-refractivity contribution in [1.82, 2.24) is 9.38 Å². The predicted molar refractivity (Wildman–Crippen MR) is 95.3 cm³/mol. The average Bonchev–Trinajstić information content (AvgIpc) is 3.11. The van der Waals surface area contributed by atoms with Gasteiger partial charge in [-0.3, -0.25) is 14.9 Å². The average molecular weight is 353 g/mol. The third kappa shape index (κ3) is 2.43. The topological polar surface area (TPSA) is 86.7 Å². The number of rotatable bonds is 3. The van der Waals surface area contributed by atoms with E-state index in [-0.39, 0.29) is 11.2 Å². The minimum Gasteiger partial charge on any atom is -0.496 e. The van der Waals surface area contributed by atoms with E-state index in [1.54, 1.807) is 10.5 Å². The number of nitrogens with zero attached hydrogens (tertiary/aromatic N) is 3. The molecule has 0 bridgehead atoms. The van der Waals surface area contributed by atoms with Crippen LogP contribution in [0.1, 0.15) is 5.56 Å². The fourth-order valence-electron chi connectivity index (χ4n) is 2.70. The Balaban J connectivity index is 1.98. The molecule has 0 saturated heterocycles. The van der Waals surface area contributed by atoms with E-state index >= 15 is 0 Å². The van der Waals surface area contributed by atoms with Crippen LogP contribution in [0.2, 0.25) is 0 Å². The Morgan fingerprint density at radius 3 is 2.84 bits per heavy atom. The maximum Gasteiger partial charge on any atom is 0.274 e. The zero-order valence-electron chi connectivity index (χ0n) is 13.0. The third-order valence-corrected chi connectivity index (χ3v) is 4.82. The molecule has 4 rings (SSSR count). The zero-order chi connectivity index (χ0) is 17.6. The lowest BCUT2D eigenvalue weighted by Gasteiger charge is -2.03. The molecular weight excluding hydrogens is 342 g/mol. The fourth-order valence-corrected chi connectivity index (χ4v) is 3.68. The van der Waals surface area contributed by atoms with Crippen LogP contribution in [0.4, 0.5) is 5.69 Å². The number of benzene rings is 2. The quantitative estimate of drug-likeness (QED) is 0.417. The van der Waals surface area contributed by atoms with Gasteiger partial charge in [-0.1, -0.05) is 23.5 Å². The van der Waals surface area contributed by atoms with Gasteiger partial charge in [0.25, 0.3) is 11.2 Å². The Labute approximate surface area is 144 Å². The van der Waals surface area contributed by atoms with Crippen molar-refractivity contribution in [1.29, 1.82) is 0 Å². The molecule has 4 aromatic rings. The normalized spacial score (nSPS) is 12.1. The van der Waals surface area contributed by atoms with Crippen LogP contribution in [0.3, 0.4) is 0 Å². The van der Waals surface area contributed by atoms with E-state index < -0.39 is 4.92 Å². The number of imidazole rings is 1. The van der Waals surface area contributed by atoms with E-state index in [4.69, 9.17) is 4.74 Å². The Morgan fingerprint density at radius 1 is 1.28 bits per heavy atom. The number of para-hydroxylation sites is 2. The molecule has 2 aromatic heterocycles. The summed E-state index contributed by atoms with van der Waals surface area (Å²) in [6.07, 6.45) is 1.60. The molecule has 0 saturated carbocycles. The Kier molecular flexibility index (Phi) is 3.47. The van der Waals surface area contributed by atoms with Gasteiger partial charge in [0, 0.05) is 17.7 Å². The number of hydrogen-bond donors (Lipinski definition) is 0. The predicted octanol–water partition coefficient (Wildman–Crippen LogP) is 2.37. The largest absolute Gasteiger partial charge is 0.496 e. The molecule has 25 heavy (non-hydrogen) atoms. The fraction of sp³-hybridized carbons (Fsp3) is 0.0588. The highest BCUT2D eigenvalue weighted by Crippen LogP contribution is 2.24. The number of nitro groups is 1. The van der Waals surface area contributed by atoms with Gasteiger partial charge >= 0.3 is 0 Å². The van der Waals surface area contributed by atoms with Crippen LogP contribution < -0.4 is 14.8 Å². The first-order chi connectivity index (χ1) is 12.1. The Bertz CT molecular complexity index is 1240. The molecule has 0 aliphatic heterocycles. The van der Waals surface area contributed by atoms with Gasteiger partial charge in [0.1, 0.15) is 5.75 Å². The minimum absolute atomic E-state index is 0.0636. The summed E-state index contributed by atoms with van der Waals surface area (Å²) in [6, 6.07) is 11.7. The first kappa shape index (κ1) is 15.3. The standard InChI is InChI=1S/C17H11N3O4S/c1-24-14-7-6-11(20(22)23)8-10(14)9-15-16(21)19-13-5-3-2-4-12(13)18-17(19)25-15/h2-9H,1H3. The molecule has 0 aliphatic rings. The lowest BCUT2D eigenvalue weighted by atomic mass is 10.1. The highest BCUT2D eigenvalue weighted by atomic mass is 32.1. The second-order valence-electron chi connectivity index (χ2n) is 5.32. The second-order valence-corrected chi connectivity index (χ2v) is 6.33. The number of aromatic nitrogens is 2. The summed E-state index contributed by atoms with van der Waals surface area (Å²) < 4.78 is 7.23. The van der Waals surface area contributed by atoms with Crippen LogP contribution in [0.25, 0.3) is 22.1 Å². The monoisotopic (exact) mass is 353 g/mol. The number of thiazole rings is 1. The number of nitro benzene ring substituents is 1. The highest BCUT2D eigenvalue weighted by Gasteiger charge is 2.13. The molecule has 124 valence electrons. The number of hydrogen-bond acceptors (Lipinski definition) is 6.